The minimum atomic E-state index is -2.79. The summed E-state index contributed by atoms with van der Waals surface area (Å²) in [6.07, 6.45) is 1.07. The number of hydrogen-bond donors (Lipinski definition) is 2. The van der Waals surface area contributed by atoms with Gasteiger partial charge in [0.1, 0.15) is 0 Å². The van der Waals surface area contributed by atoms with Crippen LogP contribution < -0.4 is 0 Å². The highest BCUT2D eigenvalue weighted by Crippen LogP contribution is 2.40. The van der Waals surface area contributed by atoms with E-state index < -0.39 is 16.0 Å². The first kappa shape index (κ1) is 27.1. The highest BCUT2D eigenvalue weighted by Gasteiger charge is 2.40. The number of carbonyl (C=O) groups is 1. The first-order valence-electron chi connectivity index (χ1n) is 12.5. The first-order valence-corrected chi connectivity index (χ1v) is 15.2. The fraction of sp³-hybridized carbons (Fsp3) is 0.407. The lowest BCUT2D eigenvalue weighted by molar-refractivity contribution is -0.0570. The normalized spacial score (nSPS) is 23.9. The molecule has 3 aromatic rings. The van der Waals surface area contributed by atoms with Crippen LogP contribution in [0.15, 0.2) is 47.4 Å². The van der Waals surface area contributed by atoms with Crippen LogP contribution in [0.2, 0.25) is 10.0 Å². The van der Waals surface area contributed by atoms with Crippen LogP contribution in [0.4, 0.5) is 0 Å². The molecule has 3 heterocycles. The third kappa shape index (κ3) is 4.75. The molecule has 0 radical (unpaired) electrons. The topological polar surface area (TPSA) is 103 Å². The minimum Gasteiger partial charge on any atom is -0.372 e. The van der Waals surface area contributed by atoms with E-state index in [1.807, 2.05) is 35.6 Å². The molecular weight excluding hydrogens is 545 g/mol. The van der Waals surface area contributed by atoms with E-state index >= 15 is 0 Å². The Balaban J connectivity index is 1.45. The molecule has 2 N–H and O–H groups in total. The van der Waals surface area contributed by atoms with E-state index in [2.05, 4.69) is 6.92 Å². The number of rotatable bonds is 4. The van der Waals surface area contributed by atoms with Gasteiger partial charge in [-0.1, -0.05) is 35.3 Å². The average Bonchev–Trinajstić information content (AvgIpc) is 3.25. The number of amides is 1. The second-order valence-electron chi connectivity index (χ2n) is 10.4. The van der Waals surface area contributed by atoms with E-state index in [4.69, 9.17) is 33.1 Å². The Morgan fingerprint density at radius 1 is 1.13 bits per heavy atom. The first-order chi connectivity index (χ1) is 17.9. The molecule has 5 atom stereocenters. The molecule has 2 aliphatic rings. The molecule has 202 valence electrons. The van der Waals surface area contributed by atoms with E-state index in [0.29, 0.717) is 45.7 Å². The Morgan fingerprint density at radius 3 is 2.45 bits per heavy atom. The molecular formula is C27H31Cl2N5O3S. The van der Waals surface area contributed by atoms with Crippen molar-refractivity contribution < 1.29 is 14.1 Å². The van der Waals surface area contributed by atoms with Crippen LogP contribution in [0.1, 0.15) is 72.0 Å². The maximum Gasteiger partial charge on any atom is 0.254 e. The fourth-order valence-electron chi connectivity index (χ4n) is 5.47. The summed E-state index contributed by atoms with van der Waals surface area (Å²) in [4.78, 5) is 17.8. The average molecular weight is 577 g/mol. The molecule has 0 aliphatic carbocycles. The predicted octanol–water partition coefficient (Wildman–Crippen LogP) is 5.44. The van der Waals surface area contributed by atoms with Crippen molar-refractivity contribution in [3.8, 4) is 0 Å². The number of halogens is 2. The zero-order valence-electron chi connectivity index (χ0n) is 21.7. The van der Waals surface area contributed by atoms with Crippen LogP contribution in [0.25, 0.3) is 0 Å². The summed E-state index contributed by atoms with van der Waals surface area (Å²) in [6, 6.07) is 11.9. The molecule has 1 unspecified atom stereocenters. The summed E-state index contributed by atoms with van der Waals surface area (Å²) < 4.78 is 21.8. The smallest absolute Gasteiger partial charge is 0.254 e. The number of aliphatic hydroxyl groups is 1. The Labute approximate surface area is 233 Å². The fourth-order valence-corrected chi connectivity index (χ4v) is 6.42. The van der Waals surface area contributed by atoms with Crippen molar-refractivity contribution in [2.45, 2.75) is 63.0 Å². The van der Waals surface area contributed by atoms with Crippen LogP contribution in [-0.2, 0) is 22.7 Å². The monoisotopic (exact) mass is 575 g/mol. The van der Waals surface area contributed by atoms with Gasteiger partial charge in [-0.25, -0.2) is 8.99 Å². The number of nitrogens with zero attached hydrogens (tertiary/aromatic N) is 4. The van der Waals surface area contributed by atoms with E-state index in [1.165, 1.54) is 6.26 Å². The maximum atomic E-state index is 13.5. The lowest BCUT2D eigenvalue weighted by Crippen LogP contribution is -2.44. The molecule has 0 saturated carbocycles. The Bertz CT molecular complexity index is 1510. The second kappa shape index (κ2) is 9.95. The molecule has 0 bridgehead atoms. The lowest BCUT2D eigenvalue weighted by Gasteiger charge is -2.41. The van der Waals surface area contributed by atoms with Crippen LogP contribution in [0, 0.1) is 4.78 Å². The van der Waals surface area contributed by atoms with Gasteiger partial charge in [0.2, 0.25) is 0 Å². The molecule has 38 heavy (non-hydrogen) atoms. The quantitative estimate of drug-likeness (QED) is 0.431. The van der Waals surface area contributed by atoms with Crippen LogP contribution in [0.3, 0.4) is 0 Å². The van der Waals surface area contributed by atoms with Crippen LogP contribution in [-0.4, -0.2) is 53.6 Å². The second-order valence-corrected chi connectivity index (χ2v) is 13.4. The third-order valence-electron chi connectivity index (χ3n) is 7.67. The molecule has 2 aliphatic heterocycles. The Morgan fingerprint density at radius 2 is 1.82 bits per heavy atom. The van der Waals surface area contributed by atoms with Crippen molar-refractivity contribution in [3.63, 3.8) is 0 Å². The van der Waals surface area contributed by atoms with Crippen molar-refractivity contribution >= 4 is 38.8 Å². The summed E-state index contributed by atoms with van der Waals surface area (Å²) in [7, 11) is -2.79. The van der Waals surface area contributed by atoms with Crippen molar-refractivity contribution in [1.82, 2.24) is 19.6 Å². The third-order valence-corrected chi connectivity index (χ3v) is 9.58. The molecule has 11 heteroatoms. The Hall–Kier alpha value is -2.43. The molecule has 1 aromatic heterocycles. The molecule has 1 amide bonds. The van der Waals surface area contributed by atoms with Crippen molar-refractivity contribution in [2.24, 2.45) is 0 Å². The maximum absolute atomic E-state index is 13.5. The van der Waals surface area contributed by atoms with Crippen molar-refractivity contribution in [3.05, 3.63) is 80.6 Å². The van der Waals surface area contributed by atoms with Crippen molar-refractivity contribution in [1.29, 1.82) is 4.78 Å². The molecule has 8 nitrogen and oxygen atoms in total. The number of aliphatic hydroxyl groups excluding tert-OH is 1. The number of aromatic nitrogens is 2. The van der Waals surface area contributed by atoms with Gasteiger partial charge in [-0.2, -0.15) is 5.10 Å². The largest absolute Gasteiger partial charge is 0.372 e. The van der Waals surface area contributed by atoms with Gasteiger partial charge in [0.05, 0.1) is 43.7 Å². The summed E-state index contributed by atoms with van der Waals surface area (Å²) in [5.41, 5.74) is 3.91. The van der Waals surface area contributed by atoms with Crippen LogP contribution in [0.5, 0.6) is 0 Å². The highest BCUT2D eigenvalue weighted by atomic mass is 35.5. The van der Waals surface area contributed by atoms with E-state index in [0.717, 1.165) is 16.8 Å². The number of carbonyl (C=O) groups excluding carboxylic acids is 1. The number of nitrogens with one attached hydrogen (secondary N) is 1. The van der Waals surface area contributed by atoms with Gasteiger partial charge >= 0.3 is 0 Å². The van der Waals surface area contributed by atoms with Gasteiger partial charge in [-0.05, 0) is 56.7 Å². The number of benzene rings is 2. The molecule has 0 spiro atoms. The van der Waals surface area contributed by atoms with Gasteiger partial charge in [0, 0.05) is 47.3 Å². The summed E-state index contributed by atoms with van der Waals surface area (Å²) in [6.45, 7) is 7.02. The Kier molecular flexibility index (Phi) is 7.11. The van der Waals surface area contributed by atoms with E-state index in [1.54, 1.807) is 35.2 Å². The molecule has 5 rings (SSSR count). The SMILES string of the molecule is C[C@@H]1Cc2nn3c(c2CN1C(=O)c1ccc(Cl)c(Cl)c1)C(O)N([C@H](C)c1ccc([S@@](C)(=N)=O)cc1)C[C@H]3C. The lowest BCUT2D eigenvalue weighted by atomic mass is 9.96. The van der Waals surface area contributed by atoms with Gasteiger partial charge in [0.25, 0.3) is 5.91 Å². The van der Waals surface area contributed by atoms with Gasteiger partial charge in [-0.15, -0.1) is 0 Å². The molecule has 2 aromatic carbocycles. The summed E-state index contributed by atoms with van der Waals surface area (Å²) >= 11 is 12.2. The predicted molar refractivity (Wildman–Crippen MR) is 148 cm³/mol. The zero-order chi connectivity index (χ0) is 27.5. The minimum absolute atomic E-state index is 0.0119. The van der Waals surface area contributed by atoms with E-state index in [-0.39, 0.29) is 24.0 Å². The van der Waals surface area contributed by atoms with Gasteiger partial charge in [-0.3, -0.25) is 14.4 Å². The van der Waals surface area contributed by atoms with Crippen LogP contribution >= 0.6 is 23.2 Å². The highest BCUT2D eigenvalue weighted by molar-refractivity contribution is 7.91. The summed E-state index contributed by atoms with van der Waals surface area (Å²) in [5, 5.41) is 17.2. The van der Waals surface area contributed by atoms with Gasteiger partial charge in [0.15, 0.2) is 6.23 Å². The molecule has 0 saturated heterocycles. The van der Waals surface area contributed by atoms with Crippen molar-refractivity contribution in [2.75, 3.05) is 12.8 Å². The zero-order valence-corrected chi connectivity index (χ0v) is 24.0. The number of fused-ring (bicyclic) bond motifs is 3. The number of hydrogen-bond acceptors (Lipinski definition) is 6. The summed E-state index contributed by atoms with van der Waals surface area (Å²) in [5.74, 6) is -0.146. The van der Waals surface area contributed by atoms with E-state index in [9.17, 15) is 14.1 Å². The molecule has 0 fully saturated rings. The standard InChI is InChI=1S/C27H31Cl2N5O3S/c1-15-11-24-21(14-32(15)26(35)19-7-10-22(28)23(29)12-19)25-27(36)33(13-16(2)34(25)31-24)17(3)18-5-8-20(9-6-18)38(4,30)37/h5-10,12,15-17,27,30,36H,11,13-14H2,1-4H3/t15-,16-,17-,27?,38+/m1/s1. The van der Waals surface area contributed by atoms with Gasteiger partial charge < -0.3 is 10.0 Å².